The van der Waals surface area contributed by atoms with E-state index in [9.17, 15) is 9.59 Å². The van der Waals surface area contributed by atoms with Gasteiger partial charge in [0.1, 0.15) is 0 Å². The van der Waals surface area contributed by atoms with Gasteiger partial charge in [0.25, 0.3) is 0 Å². The largest absolute Gasteiger partial charge is 0.326 e. The highest BCUT2D eigenvalue weighted by atomic mass is 35.5. The lowest BCUT2D eigenvalue weighted by molar-refractivity contribution is -0.157. The Hall–Kier alpha value is -5.24. The number of pyridine rings is 2. The topological polar surface area (TPSA) is 66.4 Å². The zero-order chi connectivity index (χ0) is 50.3. The molecule has 2 aromatic heterocycles. The molecule has 8 atom stereocenters. The fourth-order valence-electron chi connectivity index (χ4n) is 11.1. The van der Waals surface area contributed by atoms with E-state index < -0.39 is 10.8 Å². The molecule has 0 bridgehead atoms. The van der Waals surface area contributed by atoms with Gasteiger partial charge < -0.3 is 9.80 Å². The van der Waals surface area contributed by atoms with E-state index in [-0.39, 0.29) is 59.7 Å². The van der Waals surface area contributed by atoms with E-state index in [0.29, 0.717) is 45.8 Å². The minimum Gasteiger partial charge on any atom is -0.326 e. The number of carbonyl (C=O) groups excluding carboxylic acids is 2. The molecule has 0 aliphatic carbocycles. The molecule has 2 saturated heterocycles. The summed E-state index contributed by atoms with van der Waals surface area (Å²) < 4.78 is 0. The second kappa shape index (κ2) is 22.9. The zero-order valence-electron chi connectivity index (χ0n) is 41.0. The van der Waals surface area contributed by atoms with Crippen molar-refractivity contribution in [1.82, 2.24) is 19.8 Å². The van der Waals surface area contributed by atoms with E-state index in [0.717, 1.165) is 33.6 Å². The fraction of sp³-hybridized carbons (Fsp3) is 0.333. The number of piperidine rings is 2. The summed E-state index contributed by atoms with van der Waals surface area (Å²) in [6.07, 6.45) is 9.89. The summed E-state index contributed by atoms with van der Waals surface area (Å²) in [6.45, 7) is 20.7. The molecule has 6 aromatic rings. The predicted octanol–water partition coefficient (Wildman–Crippen LogP) is 16.9. The number of aromatic nitrogens is 2. The molecule has 0 spiro atoms. The van der Waals surface area contributed by atoms with Gasteiger partial charge in [-0.2, -0.15) is 0 Å². The minimum absolute atomic E-state index is 0.0301. The van der Waals surface area contributed by atoms with Gasteiger partial charge in [-0.25, -0.2) is 0 Å². The van der Waals surface area contributed by atoms with Crippen molar-refractivity contribution in [2.45, 2.75) is 103 Å². The summed E-state index contributed by atoms with van der Waals surface area (Å²) in [7, 11) is 0. The van der Waals surface area contributed by atoms with Gasteiger partial charge in [-0.1, -0.05) is 161 Å². The number of nitrogens with zero attached hydrogens (tertiary/aromatic N) is 4. The predicted molar refractivity (Wildman–Crippen MR) is 289 cm³/mol. The molecule has 0 saturated carbocycles. The van der Waals surface area contributed by atoms with Crippen molar-refractivity contribution in [3.05, 3.63) is 225 Å². The Bertz CT molecular complexity index is 2550. The van der Waals surface area contributed by atoms with Crippen LogP contribution in [0.5, 0.6) is 0 Å². The van der Waals surface area contributed by atoms with Gasteiger partial charge in [0.15, 0.2) is 0 Å². The van der Waals surface area contributed by atoms with Crippen molar-refractivity contribution in [2.75, 3.05) is 0 Å². The van der Waals surface area contributed by atoms with Gasteiger partial charge in [-0.05, 0) is 133 Å². The van der Waals surface area contributed by atoms with E-state index in [1.165, 1.54) is 0 Å². The van der Waals surface area contributed by atoms with Gasteiger partial charge >= 0.3 is 0 Å². The number of halogens is 4. The number of hydrogen-bond acceptors (Lipinski definition) is 4. The standard InChI is InChI=1S/2C30H32Cl2N2O/c2*1-5-16-30(4)19-25(22-9-8-10-24(32)18-22)28(21-12-14-23(31)15-13-21)34(29(30)35)27(20(2)3)26-11-6-7-17-33-26/h2*5-15,17-18,20,25,27-28H,1,16,19H2,2-4H3/t25-,27+,28-,30+;25-,27-,28-,30+/m11/s1. The van der Waals surface area contributed by atoms with Crippen LogP contribution in [-0.4, -0.2) is 31.6 Å². The van der Waals surface area contributed by atoms with Crippen molar-refractivity contribution in [1.29, 1.82) is 0 Å². The van der Waals surface area contributed by atoms with E-state index >= 15 is 0 Å². The molecule has 0 N–H and O–H groups in total. The zero-order valence-corrected chi connectivity index (χ0v) is 44.0. The summed E-state index contributed by atoms with van der Waals surface area (Å²) in [4.78, 5) is 42.5. The first-order valence-electron chi connectivity index (χ1n) is 24.2. The maximum absolute atomic E-state index is 14.4. The average Bonchev–Trinajstić information content (AvgIpc) is 3.33. The van der Waals surface area contributed by atoms with Gasteiger partial charge in [-0.3, -0.25) is 19.6 Å². The first-order chi connectivity index (χ1) is 33.5. The second-order valence-corrected chi connectivity index (χ2v) is 21.9. The number of likely N-dealkylation sites (tertiary alicyclic amines) is 2. The SMILES string of the molecule is C=CC[C@@]1(C)C[C@H](c2cccc(Cl)c2)[C@@H](c2ccc(Cl)cc2)N([C@@H](c2ccccn2)C(C)C)C1=O.C=CC[C@@]1(C)C[C@H](c2cccc(Cl)c2)[C@@H](c2ccc(Cl)cc2)N([C@H](c2ccccn2)C(C)C)C1=O. The molecule has 0 unspecified atom stereocenters. The first-order valence-corrected chi connectivity index (χ1v) is 25.7. The maximum atomic E-state index is 14.4. The summed E-state index contributed by atoms with van der Waals surface area (Å²) >= 11 is 25.5. The number of amides is 2. The molecule has 4 heterocycles. The van der Waals surface area contributed by atoms with E-state index in [1.807, 2.05) is 133 Å². The molecule has 2 fully saturated rings. The van der Waals surface area contributed by atoms with Crippen LogP contribution < -0.4 is 0 Å². The highest BCUT2D eigenvalue weighted by molar-refractivity contribution is 6.31. The average molecular weight is 1020 g/mol. The third-order valence-electron chi connectivity index (χ3n) is 14.2. The first kappa shape index (κ1) is 52.6. The molecular weight excluding hydrogens is 950 g/mol. The van der Waals surface area contributed by atoms with Crippen LogP contribution in [0.15, 0.2) is 171 Å². The normalized spacial score (nSPS) is 23.4. The van der Waals surface area contributed by atoms with Crippen LogP contribution in [0.2, 0.25) is 20.1 Å². The lowest BCUT2D eigenvalue weighted by Gasteiger charge is -2.52. The van der Waals surface area contributed by atoms with Crippen LogP contribution in [0.3, 0.4) is 0 Å². The summed E-state index contributed by atoms with van der Waals surface area (Å²) in [5, 5.41) is 2.72. The maximum Gasteiger partial charge on any atom is 0.229 e. The Morgan fingerprint density at radius 2 is 0.900 bits per heavy atom. The van der Waals surface area contributed by atoms with Gasteiger partial charge in [0.2, 0.25) is 11.8 Å². The second-order valence-electron chi connectivity index (χ2n) is 20.1. The summed E-state index contributed by atoms with van der Waals surface area (Å²) in [5.41, 5.74) is 4.93. The Balaban J connectivity index is 0.000000206. The van der Waals surface area contributed by atoms with Gasteiger partial charge in [0, 0.05) is 44.3 Å². The van der Waals surface area contributed by atoms with Gasteiger partial charge in [-0.15, -0.1) is 13.2 Å². The van der Waals surface area contributed by atoms with E-state index in [4.69, 9.17) is 56.4 Å². The van der Waals surface area contributed by atoms with Crippen LogP contribution in [0, 0.1) is 22.7 Å². The third kappa shape index (κ3) is 11.4. The van der Waals surface area contributed by atoms with Crippen molar-refractivity contribution in [3.63, 3.8) is 0 Å². The summed E-state index contributed by atoms with van der Waals surface area (Å²) in [6, 6.07) is 42.8. The van der Waals surface area contributed by atoms with Crippen LogP contribution in [0.1, 0.15) is 137 Å². The Labute approximate surface area is 435 Å². The van der Waals surface area contributed by atoms with Crippen LogP contribution >= 0.6 is 46.4 Å². The fourth-order valence-corrected chi connectivity index (χ4v) is 11.8. The Morgan fingerprint density at radius 3 is 1.20 bits per heavy atom. The van der Waals surface area contributed by atoms with Crippen LogP contribution in [0.4, 0.5) is 0 Å². The molecule has 2 aliphatic rings. The molecule has 2 aliphatic heterocycles. The molecule has 364 valence electrons. The van der Waals surface area contributed by atoms with Gasteiger partial charge in [0.05, 0.1) is 46.4 Å². The molecule has 2 amide bonds. The van der Waals surface area contributed by atoms with Crippen LogP contribution in [0.25, 0.3) is 0 Å². The van der Waals surface area contributed by atoms with Crippen LogP contribution in [-0.2, 0) is 9.59 Å². The van der Waals surface area contributed by atoms with Crippen molar-refractivity contribution in [3.8, 4) is 0 Å². The van der Waals surface area contributed by atoms with E-state index in [1.54, 1.807) is 12.4 Å². The highest BCUT2D eigenvalue weighted by Crippen LogP contribution is 2.56. The lowest BCUT2D eigenvalue weighted by Crippen LogP contribution is -2.54. The monoisotopic (exact) mass is 1010 g/mol. The highest BCUT2D eigenvalue weighted by Gasteiger charge is 2.53. The van der Waals surface area contributed by atoms with Crippen molar-refractivity contribution >= 4 is 58.2 Å². The van der Waals surface area contributed by atoms with Crippen molar-refractivity contribution in [2.24, 2.45) is 22.7 Å². The molecule has 4 aromatic carbocycles. The summed E-state index contributed by atoms with van der Waals surface area (Å²) in [5.74, 6) is 0.606. The molecule has 0 radical (unpaired) electrons. The molecular formula is C60H64Cl4N4O2. The Kier molecular flexibility index (Phi) is 17.2. The Morgan fingerprint density at radius 1 is 0.529 bits per heavy atom. The molecule has 8 rings (SSSR count). The quantitative estimate of drug-likeness (QED) is 0.102. The number of carbonyl (C=O) groups is 2. The number of hydrogen-bond donors (Lipinski definition) is 0. The van der Waals surface area contributed by atoms with E-state index in [2.05, 4.69) is 76.6 Å². The number of benzene rings is 4. The number of allylic oxidation sites excluding steroid dienone is 2. The molecule has 70 heavy (non-hydrogen) atoms. The smallest absolute Gasteiger partial charge is 0.229 e. The molecule has 10 heteroatoms. The third-order valence-corrected chi connectivity index (χ3v) is 15.2. The number of rotatable bonds is 14. The minimum atomic E-state index is -0.598. The lowest BCUT2D eigenvalue weighted by atomic mass is 9.66. The molecule has 6 nitrogen and oxygen atoms in total. The van der Waals surface area contributed by atoms with Crippen molar-refractivity contribution < 1.29 is 9.59 Å².